The third kappa shape index (κ3) is 3.68. The molecule has 0 heterocycles. The maximum Gasteiger partial charge on any atom is 0.317 e. The van der Waals surface area contributed by atoms with E-state index in [1.165, 1.54) is 0 Å². The minimum Gasteiger partial charge on any atom is -0.480 e. The molecule has 0 aromatic heterocycles. The zero-order chi connectivity index (χ0) is 10.6. The number of alkyl halides is 1. The standard InChI is InChI=1S/C10H10BrClO2/c11-9(10(13)14)6-3-7-1-4-8(12)5-2-7/h1-2,4-5,9H,3,6H2,(H,13,14). The smallest absolute Gasteiger partial charge is 0.317 e. The van der Waals surface area contributed by atoms with Gasteiger partial charge in [0.1, 0.15) is 4.83 Å². The Morgan fingerprint density at radius 2 is 2.00 bits per heavy atom. The Morgan fingerprint density at radius 3 is 2.50 bits per heavy atom. The Kier molecular flexibility index (Phi) is 4.42. The van der Waals surface area contributed by atoms with Crippen LogP contribution in [0.5, 0.6) is 0 Å². The van der Waals surface area contributed by atoms with Crippen LogP contribution in [-0.2, 0) is 11.2 Å². The highest BCUT2D eigenvalue weighted by molar-refractivity contribution is 9.10. The van der Waals surface area contributed by atoms with E-state index in [9.17, 15) is 4.79 Å². The van der Waals surface area contributed by atoms with Gasteiger partial charge in [-0.05, 0) is 30.5 Å². The molecule has 0 spiro atoms. The number of carboxylic acid groups (broad SMARTS) is 1. The number of rotatable bonds is 4. The molecule has 0 saturated heterocycles. The van der Waals surface area contributed by atoms with E-state index in [2.05, 4.69) is 15.9 Å². The van der Waals surface area contributed by atoms with Gasteiger partial charge >= 0.3 is 5.97 Å². The lowest BCUT2D eigenvalue weighted by Gasteiger charge is -2.04. The molecule has 1 N–H and O–H groups in total. The highest BCUT2D eigenvalue weighted by Gasteiger charge is 2.12. The molecule has 1 aromatic rings. The van der Waals surface area contributed by atoms with Crippen molar-refractivity contribution in [3.8, 4) is 0 Å². The van der Waals surface area contributed by atoms with Gasteiger partial charge in [-0.1, -0.05) is 39.7 Å². The van der Waals surface area contributed by atoms with E-state index in [-0.39, 0.29) is 0 Å². The first-order chi connectivity index (χ1) is 6.59. The summed E-state index contributed by atoms with van der Waals surface area (Å²) in [5.41, 5.74) is 1.10. The fourth-order valence-electron chi connectivity index (χ4n) is 1.07. The Bertz CT molecular complexity index is 310. The van der Waals surface area contributed by atoms with Crippen molar-refractivity contribution in [2.75, 3.05) is 0 Å². The largest absolute Gasteiger partial charge is 0.480 e. The van der Waals surface area contributed by atoms with Crippen molar-refractivity contribution in [1.29, 1.82) is 0 Å². The van der Waals surface area contributed by atoms with Crippen LogP contribution in [0.25, 0.3) is 0 Å². The first kappa shape index (κ1) is 11.5. The number of aryl methyl sites for hydroxylation is 1. The molecule has 1 unspecified atom stereocenters. The molecule has 0 aliphatic carbocycles. The number of benzene rings is 1. The third-order valence-corrected chi connectivity index (χ3v) is 2.97. The van der Waals surface area contributed by atoms with Gasteiger partial charge in [0.05, 0.1) is 0 Å². The van der Waals surface area contributed by atoms with Crippen LogP contribution >= 0.6 is 27.5 Å². The van der Waals surface area contributed by atoms with E-state index in [0.29, 0.717) is 11.4 Å². The van der Waals surface area contributed by atoms with E-state index >= 15 is 0 Å². The molecule has 0 aliphatic heterocycles. The highest BCUT2D eigenvalue weighted by atomic mass is 79.9. The van der Waals surface area contributed by atoms with Crippen LogP contribution in [0, 0.1) is 0 Å². The second-order valence-corrected chi connectivity index (χ2v) is 4.51. The summed E-state index contributed by atoms with van der Waals surface area (Å²) in [6, 6.07) is 7.43. The normalized spacial score (nSPS) is 12.4. The van der Waals surface area contributed by atoms with Crippen LogP contribution in [-0.4, -0.2) is 15.9 Å². The number of carbonyl (C=O) groups is 1. The van der Waals surface area contributed by atoms with Gasteiger partial charge in [0, 0.05) is 5.02 Å². The molecule has 0 radical (unpaired) electrons. The molecule has 76 valence electrons. The lowest BCUT2D eigenvalue weighted by Crippen LogP contribution is -2.13. The van der Waals surface area contributed by atoms with Gasteiger partial charge < -0.3 is 5.11 Å². The average Bonchev–Trinajstić information content (AvgIpc) is 2.16. The van der Waals surface area contributed by atoms with Crippen LogP contribution in [0.1, 0.15) is 12.0 Å². The minimum absolute atomic E-state index is 0.474. The monoisotopic (exact) mass is 276 g/mol. The summed E-state index contributed by atoms with van der Waals surface area (Å²) >= 11 is 8.81. The predicted molar refractivity (Wildman–Crippen MR) is 60.1 cm³/mol. The molecule has 0 amide bonds. The van der Waals surface area contributed by atoms with Gasteiger partial charge in [-0.15, -0.1) is 0 Å². The van der Waals surface area contributed by atoms with Gasteiger partial charge in [0.15, 0.2) is 0 Å². The molecule has 1 rings (SSSR count). The lowest BCUT2D eigenvalue weighted by atomic mass is 10.1. The first-order valence-corrected chi connectivity index (χ1v) is 5.50. The summed E-state index contributed by atoms with van der Waals surface area (Å²) in [4.78, 5) is 10.0. The van der Waals surface area contributed by atoms with Gasteiger partial charge in [-0.3, -0.25) is 4.79 Å². The fourth-order valence-corrected chi connectivity index (χ4v) is 1.42. The van der Waals surface area contributed by atoms with Crippen molar-refractivity contribution >= 4 is 33.5 Å². The molecule has 1 atom stereocenters. The van der Waals surface area contributed by atoms with Crippen LogP contribution in [0.4, 0.5) is 0 Å². The molecule has 0 bridgehead atoms. The number of hydrogen-bond donors (Lipinski definition) is 1. The summed E-state index contributed by atoms with van der Waals surface area (Å²) in [5, 5.41) is 9.33. The van der Waals surface area contributed by atoms with Crippen molar-refractivity contribution in [2.24, 2.45) is 0 Å². The number of aliphatic carboxylic acids is 1. The van der Waals surface area contributed by atoms with E-state index in [0.717, 1.165) is 12.0 Å². The number of halogens is 2. The first-order valence-electron chi connectivity index (χ1n) is 4.21. The lowest BCUT2D eigenvalue weighted by molar-refractivity contribution is -0.136. The van der Waals surface area contributed by atoms with Gasteiger partial charge in [-0.25, -0.2) is 0 Å². The maximum absolute atomic E-state index is 10.5. The van der Waals surface area contributed by atoms with E-state index in [1.807, 2.05) is 12.1 Å². The van der Waals surface area contributed by atoms with E-state index < -0.39 is 10.8 Å². The molecule has 0 fully saturated rings. The molecule has 0 saturated carbocycles. The van der Waals surface area contributed by atoms with Crippen molar-refractivity contribution in [2.45, 2.75) is 17.7 Å². The summed E-state index contributed by atoms with van der Waals surface area (Å²) in [6.45, 7) is 0. The van der Waals surface area contributed by atoms with Crippen molar-refractivity contribution in [3.05, 3.63) is 34.9 Å². The third-order valence-electron chi connectivity index (χ3n) is 1.87. The van der Waals surface area contributed by atoms with Gasteiger partial charge in [0.2, 0.25) is 0 Å². The molecule has 2 nitrogen and oxygen atoms in total. The van der Waals surface area contributed by atoms with Crippen molar-refractivity contribution < 1.29 is 9.90 Å². The number of hydrogen-bond acceptors (Lipinski definition) is 1. The zero-order valence-electron chi connectivity index (χ0n) is 7.41. The predicted octanol–water partition coefficient (Wildman–Crippen LogP) is 3.12. The van der Waals surface area contributed by atoms with Gasteiger partial charge in [0.25, 0.3) is 0 Å². The van der Waals surface area contributed by atoms with E-state index in [1.54, 1.807) is 12.1 Å². The molecule has 1 aromatic carbocycles. The second kappa shape index (κ2) is 5.37. The molecule has 0 aliphatic rings. The summed E-state index contributed by atoms with van der Waals surface area (Å²) in [6.07, 6.45) is 1.32. The topological polar surface area (TPSA) is 37.3 Å². The second-order valence-electron chi connectivity index (χ2n) is 2.97. The summed E-state index contributed by atoms with van der Waals surface area (Å²) in [5.74, 6) is -0.820. The molecule has 4 heteroatoms. The fraction of sp³-hybridized carbons (Fsp3) is 0.300. The maximum atomic E-state index is 10.5. The Morgan fingerprint density at radius 1 is 1.43 bits per heavy atom. The highest BCUT2D eigenvalue weighted by Crippen LogP contribution is 2.14. The summed E-state index contributed by atoms with van der Waals surface area (Å²) in [7, 11) is 0. The molecular weight excluding hydrogens is 267 g/mol. The van der Waals surface area contributed by atoms with Crippen LogP contribution in [0.15, 0.2) is 24.3 Å². The quantitative estimate of drug-likeness (QED) is 0.859. The number of carboxylic acids is 1. The van der Waals surface area contributed by atoms with Gasteiger partial charge in [-0.2, -0.15) is 0 Å². The van der Waals surface area contributed by atoms with E-state index in [4.69, 9.17) is 16.7 Å². The summed E-state index contributed by atoms with van der Waals surface area (Å²) < 4.78 is 0. The van der Waals surface area contributed by atoms with Crippen LogP contribution in [0.2, 0.25) is 5.02 Å². The zero-order valence-corrected chi connectivity index (χ0v) is 9.75. The van der Waals surface area contributed by atoms with Crippen LogP contribution in [0.3, 0.4) is 0 Å². The average molecular weight is 278 g/mol. The Labute approximate surface area is 96.0 Å². The molecular formula is C10H10BrClO2. The van der Waals surface area contributed by atoms with Crippen molar-refractivity contribution in [1.82, 2.24) is 0 Å². The Hall–Kier alpha value is -0.540. The minimum atomic E-state index is -0.820. The molecule has 14 heavy (non-hydrogen) atoms. The SMILES string of the molecule is O=C(O)C(Br)CCc1ccc(Cl)cc1. The Balaban J connectivity index is 2.46. The van der Waals surface area contributed by atoms with Crippen molar-refractivity contribution in [3.63, 3.8) is 0 Å². The van der Waals surface area contributed by atoms with Crippen LogP contribution < -0.4 is 0 Å².